The Morgan fingerprint density at radius 3 is 2.65 bits per heavy atom. The lowest BCUT2D eigenvalue weighted by Crippen LogP contribution is -2.27. The molecule has 9 nitrogen and oxygen atoms in total. The number of benzene rings is 1. The SMILES string of the molecule is Cn1ccnc1-c1ncc(Cl)c(Nc2ccc3c(c2)n(CCC(C)(C)O)c(=O)n3C)n1. The van der Waals surface area contributed by atoms with E-state index in [2.05, 4.69) is 20.3 Å². The second-order valence-electron chi connectivity index (χ2n) is 8.14. The molecule has 3 heterocycles. The van der Waals surface area contributed by atoms with Crippen molar-refractivity contribution in [2.75, 3.05) is 5.32 Å². The maximum Gasteiger partial charge on any atom is 0.328 e. The van der Waals surface area contributed by atoms with E-state index in [9.17, 15) is 9.90 Å². The van der Waals surface area contributed by atoms with Gasteiger partial charge in [-0.1, -0.05) is 11.6 Å². The quantitative estimate of drug-likeness (QED) is 0.476. The molecule has 162 valence electrons. The zero-order chi connectivity index (χ0) is 22.3. The van der Waals surface area contributed by atoms with Gasteiger partial charge in [0.2, 0.25) is 0 Å². The lowest BCUT2D eigenvalue weighted by molar-refractivity contribution is 0.0662. The number of aromatic nitrogens is 6. The Balaban J connectivity index is 1.71. The summed E-state index contributed by atoms with van der Waals surface area (Å²) in [6.45, 7) is 3.86. The largest absolute Gasteiger partial charge is 0.390 e. The van der Waals surface area contributed by atoms with Gasteiger partial charge in [0, 0.05) is 38.7 Å². The van der Waals surface area contributed by atoms with Gasteiger partial charge in [0.15, 0.2) is 17.5 Å². The van der Waals surface area contributed by atoms with Gasteiger partial charge in [-0.2, -0.15) is 0 Å². The number of nitrogens with one attached hydrogen (secondary N) is 1. The first kappa shape index (κ1) is 21.1. The molecule has 0 unspecified atom stereocenters. The Morgan fingerprint density at radius 2 is 1.97 bits per heavy atom. The van der Waals surface area contributed by atoms with Gasteiger partial charge in [-0.25, -0.2) is 19.7 Å². The average Bonchev–Trinajstić information content (AvgIpc) is 3.23. The fourth-order valence-corrected chi connectivity index (χ4v) is 3.51. The molecule has 0 atom stereocenters. The zero-order valence-electron chi connectivity index (χ0n) is 17.8. The molecule has 0 aliphatic heterocycles. The first-order valence-electron chi connectivity index (χ1n) is 9.83. The van der Waals surface area contributed by atoms with Gasteiger partial charge < -0.3 is 15.0 Å². The van der Waals surface area contributed by atoms with Gasteiger partial charge in [-0.05, 0) is 38.5 Å². The van der Waals surface area contributed by atoms with Gasteiger partial charge in [0.25, 0.3) is 0 Å². The molecule has 1 aromatic carbocycles. The highest BCUT2D eigenvalue weighted by Crippen LogP contribution is 2.27. The molecule has 0 fully saturated rings. The zero-order valence-corrected chi connectivity index (χ0v) is 18.6. The summed E-state index contributed by atoms with van der Waals surface area (Å²) >= 11 is 6.32. The molecule has 10 heteroatoms. The summed E-state index contributed by atoms with van der Waals surface area (Å²) < 4.78 is 5.09. The Labute approximate surface area is 184 Å². The minimum Gasteiger partial charge on any atom is -0.390 e. The summed E-state index contributed by atoms with van der Waals surface area (Å²) in [5, 5.41) is 13.7. The van der Waals surface area contributed by atoms with E-state index in [-0.39, 0.29) is 5.69 Å². The van der Waals surface area contributed by atoms with Crippen LogP contribution in [0.25, 0.3) is 22.7 Å². The molecule has 0 saturated carbocycles. The van der Waals surface area contributed by atoms with Crippen LogP contribution >= 0.6 is 11.6 Å². The van der Waals surface area contributed by atoms with Crippen molar-refractivity contribution in [1.82, 2.24) is 28.7 Å². The number of aryl methyl sites for hydroxylation is 3. The molecule has 0 spiro atoms. The second kappa shape index (κ2) is 7.82. The minimum atomic E-state index is -0.868. The number of rotatable bonds is 6. The van der Waals surface area contributed by atoms with Crippen molar-refractivity contribution in [2.24, 2.45) is 14.1 Å². The fourth-order valence-electron chi connectivity index (χ4n) is 3.37. The van der Waals surface area contributed by atoms with Crippen LogP contribution in [0.4, 0.5) is 11.5 Å². The van der Waals surface area contributed by atoms with Gasteiger partial charge >= 0.3 is 5.69 Å². The number of fused-ring (bicyclic) bond motifs is 1. The molecule has 31 heavy (non-hydrogen) atoms. The van der Waals surface area contributed by atoms with Gasteiger partial charge in [0.1, 0.15) is 5.02 Å². The van der Waals surface area contributed by atoms with Crippen molar-refractivity contribution in [3.05, 3.63) is 52.3 Å². The topological polar surface area (TPSA) is 103 Å². The highest BCUT2D eigenvalue weighted by atomic mass is 35.5. The van der Waals surface area contributed by atoms with E-state index < -0.39 is 5.60 Å². The highest BCUT2D eigenvalue weighted by molar-refractivity contribution is 6.32. The Kier molecular flexibility index (Phi) is 5.32. The molecular formula is C21H24ClN7O2. The minimum absolute atomic E-state index is 0.131. The summed E-state index contributed by atoms with van der Waals surface area (Å²) in [5.74, 6) is 1.51. The summed E-state index contributed by atoms with van der Waals surface area (Å²) in [5.41, 5.74) is 1.29. The van der Waals surface area contributed by atoms with Gasteiger partial charge in [-0.15, -0.1) is 0 Å². The van der Waals surface area contributed by atoms with Crippen LogP contribution in [-0.2, 0) is 20.6 Å². The fraction of sp³-hybridized carbons (Fsp3) is 0.333. The summed E-state index contributed by atoms with van der Waals surface area (Å²) in [6, 6.07) is 5.61. The van der Waals surface area contributed by atoms with Crippen molar-refractivity contribution in [1.29, 1.82) is 0 Å². The lowest BCUT2D eigenvalue weighted by Gasteiger charge is -2.17. The maximum atomic E-state index is 12.7. The van der Waals surface area contributed by atoms with Crippen molar-refractivity contribution in [3.8, 4) is 11.6 Å². The van der Waals surface area contributed by atoms with Crippen molar-refractivity contribution < 1.29 is 5.11 Å². The number of halogens is 1. The number of imidazole rings is 2. The predicted octanol–water partition coefficient (Wildman–Crippen LogP) is 3.09. The molecule has 4 aromatic rings. The molecular weight excluding hydrogens is 418 g/mol. The lowest BCUT2D eigenvalue weighted by atomic mass is 10.1. The molecule has 0 aliphatic carbocycles. The number of hydrogen-bond acceptors (Lipinski definition) is 6. The number of anilines is 2. The van der Waals surface area contributed by atoms with E-state index in [1.807, 2.05) is 36.0 Å². The smallest absolute Gasteiger partial charge is 0.328 e. The van der Waals surface area contributed by atoms with Crippen LogP contribution in [0.3, 0.4) is 0 Å². The van der Waals surface area contributed by atoms with E-state index >= 15 is 0 Å². The molecule has 0 aliphatic rings. The summed E-state index contributed by atoms with van der Waals surface area (Å²) in [4.78, 5) is 25.8. The molecule has 0 radical (unpaired) electrons. The second-order valence-corrected chi connectivity index (χ2v) is 8.54. The Bertz CT molecular complexity index is 1310. The van der Waals surface area contributed by atoms with E-state index in [1.165, 1.54) is 6.20 Å². The molecule has 2 N–H and O–H groups in total. The third-order valence-electron chi connectivity index (χ3n) is 5.12. The van der Waals surface area contributed by atoms with E-state index in [1.54, 1.807) is 36.2 Å². The van der Waals surface area contributed by atoms with Crippen molar-refractivity contribution >= 4 is 34.1 Å². The van der Waals surface area contributed by atoms with Crippen LogP contribution in [0.1, 0.15) is 20.3 Å². The third-order valence-corrected chi connectivity index (χ3v) is 5.40. The Morgan fingerprint density at radius 1 is 1.19 bits per heavy atom. The summed E-state index contributed by atoms with van der Waals surface area (Å²) in [6.07, 6.45) is 5.48. The number of aliphatic hydroxyl groups is 1. The van der Waals surface area contributed by atoms with Gasteiger partial charge in [0.05, 0.1) is 22.8 Å². The van der Waals surface area contributed by atoms with Crippen molar-refractivity contribution in [3.63, 3.8) is 0 Å². The number of nitrogens with zero attached hydrogens (tertiary/aromatic N) is 6. The predicted molar refractivity (Wildman–Crippen MR) is 121 cm³/mol. The van der Waals surface area contributed by atoms with E-state index in [4.69, 9.17) is 11.6 Å². The molecule has 4 rings (SSSR count). The van der Waals surface area contributed by atoms with E-state index in [0.717, 1.165) is 16.7 Å². The molecule has 0 bridgehead atoms. The van der Waals surface area contributed by atoms with Crippen LogP contribution in [0.2, 0.25) is 5.02 Å². The average molecular weight is 442 g/mol. The van der Waals surface area contributed by atoms with E-state index in [0.29, 0.717) is 35.5 Å². The van der Waals surface area contributed by atoms with Crippen LogP contribution in [0.15, 0.2) is 41.6 Å². The highest BCUT2D eigenvalue weighted by Gasteiger charge is 2.17. The van der Waals surface area contributed by atoms with Crippen molar-refractivity contribution in [2.45, 2.75) is 32.4 Å². The normalized spacial score (nSPS) is 11.9. The summed E-state index contributed by atoms with van der Waals surface area (Å²) in [7, 11) is 3.60. The Hall–Kier alpha value is -3.17. The molecule has 0 saturated heterocycles. The van der Waals surface area contributed by atoms with Crippen LogP contribution < -0.4 is 11.0 Å². The number of hydrogen-bond donors (Lipinski definition) is 2. The first-order valence-corrected chi connectivity index (χ1v) is 10.2. The van der Waals surface area contributed by atoms with Gasteiger partial charge in [-0.3, -0.25) is 9.13 Å². The third kappa shape index (κ3) is 4.19. The molecule has 3 aromatic heterocycles. The van der Waals surface area contributed by atoms with Crippen LogP contribution in [-0.4, -0.2) is 39.4 Å². The van der Waals surface area contributed by atoms with Crippen LogP contribution in [0, 0.1) is 0 Å². The van der Waals surface area contributed by atoms with Crippen LogP contribution in [0.5, 0.6) is 0 Å². The standard InChI is InChI=1S/C21H24ClN7O2/c1-21(2,31)7-9-29-16-11-13(5-6-15(16)28(4)20(29)30)25-17-14(22)12-24-18(26-17)19-23-8-10-27(19)3/h5-6,8,10-12,31H,7,9H2,1-4H3,(H,24,25,26). The molecule has 0 amide bonds. The maximum absolute atomic E-state index is 12.7. The first-order chi connectivity index (χ1) is 14.6. The monoisotopic (exact) mass is 441 g/mol.